The predicted molar refractivity (Wildman–Crippen MR) is 99.7 cm³/mol. The van der Waals surface area contributed by atoms with Gasteiger partial charge < -0.3 is 0 Å². The molecule has 0 atom stereocenters. The van der Waals surface area contributed by atoms with Crippen molar-refractivity contribution in [1.82, 2.24) is 9.66 Å². The summed E-state index contributed by atoms with van der Waals surface area (Å²) in [5.74, 6) is 0.809. The lowest BCUT2D eigenvalue weighted by Crippen LogP contribution is -2.28. The quantitative estimate of drug-likeness (QED) is 0.416. The van der Waals surface area contributed by atoms with E-state index in [1.165, 1.54) is 0 Å². The van der Waals surface area contributed by atoms with Crippen LogP contribution in [0.2, 0.25) is 0 Å². The number of rotatable bonds is 3. The fourth-order valence-corrected chi connectivity index (χ4v) is 3.01. The van der Waals surface area contributed by atoms with E-state index in [0.29, 0.717) is 0 Å². The highest BCUT2D eigenvalue weighted by atomic mass is 15.4. The Kier molecular flexibility index (Phi) is 3.86. The Morgan fingerprint density at radius 3 is 2.36 bits per heavy atom. The maximum Gasteiger partial charge on any atom is 0.428 e. The van der Waals surface area contributed by atoms with Gasteiger partial charge in [-0.1, -0.05) is 65.6 Å². The van der Waals surface area contributed by atoms with Crippen LogP contribution in [0.4, 0.5) is 0 Å². The summed E-state index contributed by atoms with van der Waals surface area (Å²) in [4.78, 5) is 4.71. The van der Waals surface area contributed by atoms with Gasteiger partial charge in [0.25, 0.3) is 0 Å². The molecule has 0 amide bonds. The molecule has 0 unspecified atom stereocenters. The van der Waals surface area contributed by atoms with E-state index in [9.17, 15) is 0 Å². The maximum atomic E-state index is 4.71. The highest BCUT2D eigenvalue weighted by molar-refractivity contribution is 5.79. The van der Waals surface area contributed by atoms with E-state index in [0.717, 1.165) is 34.0 Å². The van der Waals surface area contributed by atoms with Crippen LogP contribution in [0.1, 0.15) is 17.0 Å². The maximum absolute atomic E-state index is 4.71. The molecule has 0 radical (unpaired) electrons. The molecule has 0 bridgehead atoms. The Bertz CT molecular complexity index is 1050. The first kappa shape index (κ1) is 15.3. The summed E-state index contributed by atoms with van der Waals surface area (Å²) in [5.41, 5.74) is 5.38. The van der Waals surface area contributed by atoms with Gasteiger partial charge in [-0.15, -0.1) is 9.78 Å². The van der Waals surface area contributed by atoms with E-state index in [4.69, 9.17) is 4.98 Å². The van der Waals surface area contributed by atoms with Crippen molar-refractivity contribution in [3.05, 3.63) is 89.9 Å². The minimum absolute atomic E-state index is 0.809. The molecule has 4 rings (SSSR count). The van der Waals surface area contributed by atoms with Crippen molar-refractivity contribution >= 4 is 12.0 Å². The molecule has 2 aromatic carbocycles. The van der Waals surface area contributed by atoms with Gasteiger partial charge in [0.2, 0.25) is 0 Å². The molecule has 0 spiro atoms. The van der Waals surface area contributed by atoms with Crippen LogP contribution in [-0.2, 0) is 0 Å². The molecular formula is C21H19N4+. The van der Waals surface area contributed by atoms with Gasteiger partial charge in [0.1, 0.15) is 17.6 Å². The minimum Gasteiger partial charge on any atom is -0.194 e. The van der Waals surface area contributed by atoms with Crippen molar-refractivity contribution in [3.8, 4) is 11.3 Å². The summed E-state index contributed by atoms with van der Waals surface area (Å²) in [6.07, 6.45) is 3.89. The Balaban J connectivity index is 1.91. The number of aromatic nitrogens is 3. The number of aryl methyl sites for hydroxylation is 2. The van der Waals surface area contributed by atoms with Crippen LogP contribution in [0.5, 0.6) is 0 Å². The molecule has 4 nitrogen and oxygen atoms in total. The monoisotopic (exact) mass is 327 g/mol. The van der Waals surface area contributed by atoms with Gasteiger partial charge in [0.05, 0.1) is 11.9 Å². The molecule has 0 N–H and O–H groups in total. The molecule has 4 heteroatoms. The zero-order chi connectivity index (χ0) is 17.2. The third kappa shape index (κ3) is 2.94. The molecular weight excluding hydrogens is 308 g/mol. The molecule has 0 saturated heterocycles. The number of hydrogen-bond donors (Lipinski definition) is 0. The van der Waals surface area contributed by atoms with E-state index in [1.54, 1.807) is 0 Å². The SMILES string of the molecule is Cc1cc(C)[n+]2c(-c3ccccc3)cn(N=Cc3ccccc3)c2n1. The number of fused-ring (bicyclic) bond motifs is 1. The largest absolute Gasteiger partial charge is 0.428 e. The van der Waals surface area contributed by atoms with Gasteiger partial charge in [-0.2, -0.15) is 4.40 Å². The van der Waals surface area contributed by atoms with Crippen LogP contribution in [-0.4, -0.2) is 15.9 Å². The van der Waals surface area contributed by atoms with Crippen LogP contribution in [0.15, 0.2) is 78.0 Å². The van der Waals surface area contributed by atoms with Crippen molar-refractivity contribution in [2.24, 2.45) is 5.10 Å². The van der Waals surface area contributed by atoms with Gasteiger partial charge in [-0.25, -0.2) is 0 Å². The second-order valence-corrected chi connectivity index (χ2v) is 6.05. The lowest BCUT2D eigenvalue weighted by Gasteiger charge is -1.99. The van der Waals surface area contributed by atoms with E-state index >= 15 is 0 Å². The van der Waals surface area contributed by atoms with Gasteiger partial charge in [-0.3, -0.25) is 0 Å². The first-order chi connectivity index (χ1) is 12.2. The minimum atomic E-state index is 0.809. The molecule has 2 aromatic heterocycles. The number of hydrogen-bond acceptors (Lipinski definition) is 2. The molecule has 0 aliphatic heterocycles. The zero-order valence-corrected chi connectivity index (χ0v) is 14.3. The molecule has 0 aliphatic rings. The van der Waals surface area contributed by atoms with E-state index in [1.807, 2.05) is 72.5 Å². The van der Waals surface area contributed by atoms with Crippen molar-refractivity contribution in [1.29, 1.82) is 0 Å². The average Bonchev–Trinajstić information content (AvgIpc) is 3.00. The summed E-state index contributed by atoms with van der Waals surface area (Å²) in [6, 6.07) is 22.5. The van der Waals surface area contributed by atoms with E-state index < -0.39 is 0 Å². The third-order valence-electron chi connectivity index (χ3n) is 4.14. The van der Waals surface area contributed by atoms with Crippen LogP contribution in [0.3, 0.4) is 0 Å². The summed E-state index contributed by atoms with van der Waals surface area (Å²) in [7, 11) is 0. The third-order valence-corrected chi connectivity index (χ3v) is 4.14. The molecule has 2 heterocycles. The first-order valence-electron chi connectivity index (χ1n) is 8.28. The van der Waals surface area contributed by atoms with Crippen molar-refractivity contribution in [2.75, 3.05) is 0 Å². The molecule has 0 aliphatic carbocycles. The normalized spacial score (nSPS) is 11.4. The lowest BCUT2D eigenvalue weighted by molar-refractivity contribution is -0.509. The number of imidazole rings is 1. The van der Waals surface area contributed by atoms with Gasteiger partial charge in [-0.05, 0) is 19.4 Å². The fourth-order valence-electron chi connectivity index (χ4n) is 3.01. The Hall–Kier alpha value is -3.27. The van der Waals surface area contributed by atoms with Crippen molar-refractivity contribution in [3.63, 3.8) is 0 Å². The predicted octanol–water partition coefficient (Wildman–Crippen LogP) is 3.79. The van der Waals surface area contributed by atoms with Gasteiger partial charge in [0, 0.05) is 11.6 Å². The molecule has 25 heavy (non-hydrogen) atoms. The second kappa shape index (κ2) is 6.32. The average molecular weight is 327 g/mol. The Morgan fingerprint density at radius 2 is 1.64 bits per heavy atom. The molecule has 4 aromatic rings. The summed E-state index contributed by atoms with van der Waals surface area (Å²) in [6.45, 7) is 4.10. The van der Waals surface area contributed by atoms with Crippen LogP contribution in [0.25, 0.3) is 17.0 Å². The van der Waals surface area contributed by atoms with Crippen molar-refractivity contribution in [2.45, 2.75) is 13.8 Å². The highest BCUT2D eigenvalue weighted by Crippen LogP contribution is 2.18. The van der Waals surface area contributed by atoms with Gasteiger partial charge in [0.15, 0.2) is 0 Å². The second-order valence-electron chi connectivity index (χ2n) is 6.05. The van der Waals surface area contributed by atoms with E-state index in [2.05, 4.69) is 34.6 Å². The Labute approximate surface area is 146 Å². The molecule has 0 fully saturated rings. The first-order valence-corrected chi connectivity index (χ1v) is 8.28. The number of nitrogens with zero attached hydrogens (tertiary/aromatic N) is 4. The van der Waals surface area contributed by atoms with Gasteiger partial charge >= 0.3 is 5.78 Å². The Morgan fingerprint density at radius 1 is 0.960 bits per heavy atom. The topological polar surface area (TPSA) is 34.3 Å². The molecule has 0 saturated carbocycles. The smallest absolute Gasteiger partial charge is 0.194 e. The standard InChI is InChI=1S/C21H19N4/c1-16-13-17(2)25-20(19-11-7-4-8-12-19)15-24(21(25)23-16)22-14-18-9-5-3-6-10-18/h3-15H,1-2H3/q+1. The number of benzene rings is 2. The van der Waals surface area contributed by atoms with Crippen LogP contribution in [0, 0.1) is 13.8 Å². The zero-order valence-electron chi connectivity index (χ0n) is 14.3. The highest BCUT2D eigenvalue weighted by Gasteiger charge is 2.21. The van der Waals surface area contributed by atoms with E-state index in [-0.39, 0.29) is 0 Å². The molecule has 122 valence electrons. The summed E-state index contributed by atoms with van der Waals surface area (Å²) >= 11 is 0. The fraction of sp³-hybridized carbons (Fsp3) is 0.0952. The van der Waals surface area contributed by atoms with Crippen molar-refractivity contribution < 1.29 is 4.40 Å². The van der Waals surface area contributed by atoms with Crippen LogP contribution >= 0.6 is 0 Å². The summed E-state index contributed by atoms with van der Waals surface area (Å²) in [5, 5.41) is 4.64. The van der Waals surface area contributed by atoms with Crippen LogP contribution < -0.4 is 4.40 Å². The summed E-state index contributed by atoms with van der Waals surface area (Å²) < 4.78 is 3.99. The lowest BCUT2D eigenvalue weighted by atomic mass is 10.2.